The third kappa shape index (κ3) is 4.26. The number of nitrogens with zero attached hydrogens (tertiary/aromatic N) is 2. The van der Waals surface area contributed by atoms with Gasteiger partial charge in [0.25, 0.3) is 0 Å². The lowest BCUT2D eigenvalue weighted by molar-refractivity contribution is -0.115. The molecule has 3 aromatic rings. The third-order valence-corrected chi connectivity index (χ3v) is 6.29. The number of rotatable bonds is 5. The maximum Gasteiger partial charge on any atom is 0.229 e. The first-order valence-electron chi connectivity index (χ1n) is 8.93. The monoisotopic (exact) mass is 427 g/mol. The van der Waals surface area contributed by atoms with E-state index in [4.69, 9.17) is 11.6 Å². The zero-order valence-corrected chi connectivity index (χ0v) is 17.5. The van der Waals surface area contributed by atoms with E-state index < -0.39 is 7.14 Å². The quantitative estimate of drug-likeness (QED) is 0.523. The van der Waals surface area contributed by atoms with Crippen LogP contribution in [0.1, 0.15) is 5.56 Å². The van der Waals surface area contributed by atoms with Gasteiger partial charge < -0.3 is 20.5 Å². The van der Waals surface area contributed by atoms with Gasteiger partial charge in [-0.05, 0) is 49.2 Å². The SMILES string of the molecule is CP(C)(=O)c1ccccc1Nc1nc(Nc2ccc3c(c2)CC(=O)N3)ncc1Cl. The average molecular weight is 428 g/mol. The summed E-state index contributed by atoms with van der Waals surface area (Å²) in [6.45, 7) is 3.44. The van der Waals surface area contributed by atoms with E-state index in [0.29, 0.717) is 28.9 Å². The van der Waals surface area contributed by atoms with Crippen LogP contribution in [0.4, 0.5) is 28.8 Å². The lowest BCUT2D eigenvalue weighted by Crippen LogP contribution is -2.10. The van der Waals surface area contributed by atoms with E-state index in [-0.39, 0.29) is 5.91 Å². The van der Waals surface area contributed by atoms with Gasteiger partial charge in [0.1, 0.15) is 12.2 Å². The Kier molecular flexibility index (Phi) is 5.03. The first kappa shape index (κ1) is 19.4. The molecule has 1 aliphatic rings. The number of fused-ring (bicyclic) bond motifs is 1. The Hall–Kier alpha value is -2.89. The zero-order valence-electron chi connectivity index (χ0n) is 15.9. The van der Waals surface area contributed by atoms with E-state index in [1.165, 1.54) is 6.20 Å². The van der Waals surface area contributed by atoms with Crippen LogP contribution in [0.5, 0.6) is 0 Å². The van der Waals surface area contributed by atoms with E-state index in [9.17, 15) is 9.36 Å². The van der Waals surface area contributed by atoms with E-state index >= 15 is 0 Å². The fraction of sp³-hybridized carbons (Fsp3) is 0.150. The number of anilines is 5. The predicted molar refractivity (Wildman–Crippen MR) is 118 cm³/mol. The molecule has 1 aliphatic heterocycles. The summed E-state index contributed by atoms with van der Waals surface area (Å²) in [6, 6.07) is 12.9. The van der Waals surface area contributed by atoms with Gasteiger partial charge in [-0.1, -0.05) is 23.7 Å². The van der Waals surface area contributed by atoms with Gasteiger partial charge in [0.05, 0.1) is 18.3 Å². The largest absolute Gasteiger partial charge is 0.338 e. The molecule has 0 saturated heterocycles. The third-order valence-electron chi connectivity index (χ3n) is 4.47. The maximum atomic E-state index is 12.6. The molecule has 0 aliphatic carbocycles. The lowest BCUT2D eigenvalue weighted by atomic mass is 10.1. The minimum atomic E-state index is -2.49. The highest BCUT2D eigenvalue weighted by Crippen LogP contribution is 2.38. The maximum absolute atomic E-state index is 12.6. The number of para-hydroxylation sites is 1. The summed E-state index contributed by atoms with van der Waals surface area (Å²) in [5.74, 6) is 0.736. The Bertz CT molecular complexity index is 1160. The molecule has 9 heteroatoms. The summed E-state index contributed by atoms with van der Waals surface area (Å²) < 4.78 is 12.6. The lowest BCUT2D eigenvalue weighted by Gasteiger charge is -2.16. The molecule has 0 radical (unpaired) electrons. The van der Waals surface area contributed by atoms with Crippen LogP contribution in [-0.2, 0) is 15.8 Å². The highest BCUT2D eigenvalue weighted by molar-refractivity contribution is 7.70. The minimum absolute atomic E-state index is 0.0193. The van der Waals surface area contributed by atoms with Crippen LogP contribution in [0, 0.1) is 0 Å². The topological polar surface area (TPSA) is 96.0 Å². The number of carbonyl (C=O) groups is 1. The van der Waals surface area contributed by atoms with Gasteiger partial charge in [-0.15, -0.1) is 0 Å². The summed E-state index contributed by atoms with van der Waals surface area (Å²) >= 11 is 6.28. The Balaban J connectivity index is 1.60. The normalized spacial score (nSPS) is 13.0. The Morgan fingerprint density at radius 2 is 1.93 bits per heavy atom. The standard InChI is InChI=1S/C20H19ClN5O2P/c1-29(2,28)17-6-4-3-5-16(17)25-19-14(21)11-22-20(26-19)23-13-7-8-15-12(9-13)10-18(27)24-15/h3-9,11H,10H2,1-2H3,(H,24,27)(H2,22,23,25,26). The molecular weight excluding hydrogens is 409 g/mol. The van der Waals surface area contributed by atoms with Crippen molar-refractivity contribution in [2.75, 3.05) is 29.3 Å². The van der Waals surface area contributed by atoms with Crippen LogP contribution in [0.25, 0.3) is 0 Å². The molecule has 29 heavy (non-hydrogen) atoms. The van der Waals surface area contributed by atoms with Crippen molar-refractivity contribution in [2.24, 2.45) is 0 Å². The molecule has 0 spiro atoms. The van der Waals surface area contributed by atoms with Crippen molar-refractivity contribution in [3.8, 4) is 0 Å². The summed E-state index contributed by atoms with van der Waals surface area (Å²) in [6.07, 6.45) is 1.85. The van der Waals surface area contributed by atoms with Crippen LogP contribution < -0.4 is 21.3 Å². The molecule has 1 amide bonds. The van der Waals surface area contributed by atoms with E-state index in [1.807, 2.05) is 42.5 Å². The second-order valence-corrected chi connectivity index (χ2v) is 10.7. The Morgan fingerprint density at radius 3 is 2.72 bits per heavy atom. The number of hydrogen-bond acceptors (Lipinski definition) is 6. The summed E-state index contributed by atoms with van der Waals surface area (Å²) in [5, 5.41) is 10.2. The molecular formula is C20H19ClN5O2P. The predicted octanol–water partition coefficient (Wildman–Crippen LogP) is 4.36. The van der Waals surface area contributed by atoms with Gasteiger partial charge in [-0.25, -0.2) is 4.98 Å². The van der Waals surface area contributed by atoms with Gasteiger partial charge >= 0.3 is 0 Å². The molecule has 0 saturated carbocycles. The average Bonchev–Trinajstić information content (AvgIpc) is 3.03. The Labute approximate surface area is 173 Å². The fourth-order valence-electron chi connectivity index (χ4n) is 3.13. The van der Waals surface area contributed by atoms with Gasteiger partial charge in [0, 0.05) is 16.7 Å². The molecule has 7 nitrogen and oxygen atoms in total. The van der Waals surface area contributed by atoms with Gasteiger partial charge in [0.15, 0.2) is 5.82 Å². The molecule has 148 valence electrons. The molecule has 0 bridgehead atoms. The van der Waals surface area contributed by atoms with Crippen molar-refractivity contribution < 1.29 is 9.36 Å². The number of amides is 1. The number of aromatic nitrogens is 2. The molecule has 0 atom stereocenters. The van der Waals surface area contributed by atoms with Crippen LogP contribution in [0.2, 0.25) is 5.02 Å². The van der Waals surface area contributed by atoms with Crippen LogP contribution in [0.3, 0.4) is 0 Å². The molecule has 0 unspecified atom stereocenters. The number of carbonyl (C=O) groups excluding carboxylic acids is 1. The number of halogens is 1. The summed E-state index contributed by atoms with van der Waals surface area (Å²) in [4.78, 5) is 20.2. The fourth-order valence-corrected chi connectivity index (χ4v) is 4.42. The van der Waals surface area contributed by atoms with E-state index in [0.717, 1.165) is 22.2 Å². The van der Waals surface area contributed by atoms with Crippen LogP contribution in [-0.4, -0.2) is 29.2 Å². The molecule has 0 fully saturated rings. The van der Waals surface area contributed by atoms with Crippen LogP contribution in [0.15, 0.2) is 48.7 Å². The van der Waals surface area contributed by atoms with Gasteiger partial charge in [0.2, 0.25) is 11.9 Å². The number of nitrogens with one attached hydrogen (secondary N) is 3. The van der Waals surface area contributed by atoms with Gasteiger partial charge in [-0.3, -0.25) is 4.79 Å². The van der Waals surface area contributed by atoms with Crippen molar-refractivity contribution in [3.05, 3.63) is 59.2 Å². The molecule has 2 aromatic carbocycles. The second kappa shape index (κ2) is 7.50. The molecule has 3 N–H and O–H groups in total. The summed E-state index contributed by atoms with van der Waals surface area (Å²) in [5.41, 5.74) is 3.19. The number of benzene rings is 2. The van der Waals surface area contributed by atoms with Crippen molar-refractivity contribution in [1.29, 1.82) is 0 Å². The zero-order chi connectivity index (χ0) is 20.6. The van der Waals surface area contributed by atoms with Crippen molar-refractivity contribution in [1.82, 2.24) is 9.97 Å². The number of hydrogen-bond donors (Lipinski definition) is 3. The molecule has 1 aromatic heterocycles. The van der Waals surface area contributed by atoms with Gasteiger partial charge in [-0.2, -0.15) is 4.98 Å². The Morgan fingerprint density at radius 1 is 1.14 bits per heavy atom. The van der Waals surface area contributed by atoms with Crippen LogP contribution >= 0.6 is 18.7 Å². The second-order valence-electron chi connectivity index (χ2n) is 7.11. The smallest absolute Gasteiger partial charge is 0.229 e. The van der Waals surface area contributed by atoms with Crippen molar-refractivity contribution in [3.63, 3.8) is 0 Å². The molecule has 2 heterocycles. The minimum Gasteiger partial charge on any atom is -0.338 e. The highest BCUT2D eigenvalue weighted by atomic mass is 35.5. The van der Waals surface area contributed by atoms with Crippen molar-refractivity contribution >= 4 is 58.8 Å². The highest BCUT2D eigenvalue weighted by Gasteiger charge is 2.19. The van der Waals surface area contributed by atoms with E-state index in [1.54, 1.807) is 13.3 Å². The summed E-state index contributed by atoms with van der Waals surface area (Å²) in [7, 11) is -2.49. The first-order chi connectivity index (χ1) is 13.8. The van der Waals surface area contributed by atoms with E-state index in [2.05, 4.69) is 25.9 Å². The molecule has 4 rings (SSSR count). The van der Waals surface area contributed by atoms with Crippen molar-refractivity contribution in [2.45, 2.75) is 6.42 Å². The first-order valence-corrected chi connectivity index (χ1v) is 11.9.